The summed E-state index contributed by atoms with van der Waals surface area (Å²) < 4.78 is 4.87. The number of carbonyl (C=O) groups is 2. The number of nitrogens with zero attached hydrogens (tertiary/aromatic N) is 1. The maximum Gasteiger partial charge on any atom is 0.303 e. The number of piperidine rings is 1. The number of methoxy groups -OCH3 is 1. The molecular formula is C12H22N2O4. The van der Waals surface area contributed by atoms with Gasteiger partial charge in [-0.15, -0.1) is 0 Å². The minimum absolute atomic E-state index is 0.100. The number of rotatable bonds is 6. The van der Waals surface area contributed by atoms with Crippen LogP contribution in [-0.4, -0.2) is 54.7 Å². The SMILES string of the molecule is COCC(N)C(=O)N1CCCC(CCC(=O)O)C1. The highest BCUT2D eigenvalue weighted by Crippen LogP contribution is 2.21. The van der Waals surface area contributed by atoms with Gasteiger partial charge in [0.2, 0.25) is 5.91 Å². The van der Waals surface area contributed by atoms with Crippen LogP contribution in [0.3, 0.4) is 0 Å². The molecule has 6 heteroatoms. The second kappa shape index (κ2) is 7.33. The van der Waals surface area contributed by atoms with Gasteiger partial charge in [-0.05, 0) is 25.2 Å². The average molecular weight is 258 g/mol. The molecule has 0 bridgehead atoms. The third kappa shape index (κ3) is 4.62. The fourth-order valence-electron chi connectivity index (χ4n) is 2.31. The molecule has 1 aliphatic rings. The zero-order chi connectivity index (χ0) is 13.5. The molecule has 6 nitrogen and oxygen atoms in total. The molecule has 1 aliphatic heterocycles. The number of ether oxygens (including phenoxy) is 1. The Bertz CT molecular complexity index is 296. The molecule has 1 rings (SSSR count). The van der Waals surface area contributed by atoms with Crippen LogP contribution in [0.25, 0.3) is 0 Å². The first-order valence-corrected chi connectivity index (χ1v) is 6.29. The normalized spacial score (nSPS) is 21.7. The molecule has 1 heterocycles. The van der Waals surface area contributed by atoms with Crippen LogP contribution in [0.4, 0.5) is 0 Å². The Morgan fingerprint density at radius 3 is 2.89 bits per heavy atom. The molecule has 104 valence electrons. The van der Waals surface area contributed by atoms with Crippen LogP contribution in [0.2, 0.25) is 0 Å². The zero-order valence-corrected chi connectivity index (χ0v) is 10.8. The second-order valence-electron chi connectivity index (χ2n) is 4.79. The van der Waals surface area contributed by atoms with Crippen molar-refractivity contribution in [2.75, 3.05) is 26.8 Å². The highest BCUT2D eigenvalue weighted by molar-refractivity contribution is 5.81. The van der Waals surface area contributed by atoms with Crippen LogP contribution in [-0.2, 0) is 14.3 Å². The Balaban J connectivity index is 2.42. The van der Waals surface area contributed by atoms with Gasteiger partial charge in [0, 0.05) is 26.6 Å². The summed E-state index contributed by atoms with van der Waals surface area (Å²) in [5.74, 6) is -0.611. The van der Waals surface area contributed by atoms with Gasteiger partial charge >= 0.3 is 5.97 Å². The summed E-state index contributed by atoms with van der Waals surface area (Å²) in [6, 6.07) is -0.617. The van der Waals surface area contributed by atoms with Crippen LogP contribution in [0.1, 0.15) is 25.7 Å². The van der Waals surface area contributed by atoms with E-state index in [-0.39, 0.29) is 24.9 Å². The number of nitrogens with two attached hydrogens (primary N) is 1. The summed E-state index contributed by atoms with van der Waals surface area (Å²) >= 11 is 0. The minimum atomic E-state index is -0.783. The first kappa shape index (κ1) is 14.9. The summed E-state index contributed by atoms with van der Waals surface area (Å²) in [7, 11) is 1.51. The van der Waals surface area contributed by atoms with E-state index in [4.69, 9.17) is 15.6 Å². The van der Waals surface area contributed by atoms with Crippen LogP contribution >= 0.6 is 0 Å². The molecule has 0 aliphatic carbocycles. The van der Waals surface area contributed by atoms with E-state index in [2.05, 4.69) is 0 Å². The molecule has 1 amide bonds. The predicted molar refractivity (Wildman–Crippen MR) is 66.0 cm³/mol. The molecule has 0 aromatic heterocycles. The van der Waals surface area contributed by atoms with Crippen LogP contribution in [0.5, 0.6) is 0 Å². The summed E-state index contributed by atoms with van der Waals surface area (Å²) in [6.07, 6.45) is 2.68. The lowest BCUT2D eigenvalue weighted by Gasteiger charge is -2.34. The van der Waals surface area contributed by atoms with Crippen LogP contribution in [0, 0.1) is 5.92 Å². The van der Waals surface area contributed by atoms with Crippen LogP contribution in [0.15, 0.2) is 0 Å². The molecular weight excluding hydrogens is 236 g/mol. The monoisotopic (exact) mass is 258 g/mol. The molecule has 1 fully saturated rings. The van der Waals surface area contributed by atoms with Gasteiger partial charge < -0.3 is 20.5 Å². The average Bonchev–Trinajstić information content (AvgIpc) is 2.36. The van der Waals surface area contributed by atoms with Gasteiger partial charge in [-0.2, -0.15) is 0 Å². The fourth-order valence-corrected chi connectivity index (χ4v) is 2.31. The lowest BCUT2D eigenvalue weighted by molar-refractivity contribution is -0.137. The lowest BCUT2D eigenvalue weighted by Crippen LogP contribution is -2.49. The van der Waals surface area contributed by atoms with Crippen LogP contribution < -0.4 is 5.73 Å². The number of carbonyl (C=O) groups excluding carboxylic acids is 1. The van der Waals surface area contributed by atoms with Crippen molar-refractivity contribution < 1.29 is 19.4 Å². The van der Waals surface area contributed by atoms with Crippen molar-refractivity contribution in [3.63, 3.8) is 0 Å². The third-order valence-corrected chi connectivity index (χ3v) is 3.26. The van der Waals surface area contributed by atoms with Crippen molar-refractivity contribution in [3.8, 4) is 0 Å². The molecule has 0 saturated carbocycles. The Labute approximate surface area is 107 Å². The molecule has 2 atom stereocenters. The topological polar surface area (TPSA) is 92.9 Å². The predicted octanol–water partition coefficient (Wildman–Crippen LogP) is 0.0635. The van der Waals surface area contributed by atoms with E-state index in [0.29, 0.717) is 19.5 Å². The number of aliphatic carboxylic acids is 1. The molecule has 2 unspecified atom stereocenters. The fraction of sp³-hybridized carbons (Fsp3) is 0.833. The van der Waals surface area contributed by atoms with Gasteiger partial charge in [0.15, 0.2) is 0 Å². The van der Waals surface area contributed by atoms with Crippen molar-refractivity contribution in [2.24, 2.45) is 11.7 Å². The summed E-state index contributed by atoms with van der Waals surface area (Å²) in [5, 5.41) is 8.66. The highest BCUT2D eigenvalue weighted by atomic mass is 16.5. The summed E-state index contributed by atoms with van der Waals surface area (Å²) in [4.78, 5) is 24.2. The first-order chi connectivity index (χ1) is 8.54. The van der Waals surface area contributed by atoms with E-state index in [1.54, 1.807) is 4.90 Å². The van der Waals surface area contributed by atoms with Gasteiger partial charge in [-0.3, -0.25) is 9.59 Å². The maximum absolute atomic E-state index is 12.0. The van der Waals surface area contributed by atoms with E-state index in [1.807, 2.05) is 0 Å². The van der Waals surface area contributed by atoms with Crippen molar-refractivity contribution in [2.45, 2.75) is 31.7 Å². The Morgan fingerprint density at radius 1 is 1.56 bits per heavy atom. The lowest BCUT2D eigenvalue weighted by atomic mass is 9.93. The molecule has 3 N–H and O–H groups in total. The molecule has 1 saturated heterocycles. The van der Waals surface area contributed by atoms with Crippen molar-refractivity contribution >= 4 is 11.9 Å². The first-order valence-electron chi connectivity index (χ1n) is 6.29. The minimum Gasteiger partial charge on any atom is -0.481 e. The molecule has 0 spiro atoms. The molecule has 0 aromatic rings. The zero-order valence-electron chi connectivity index (χ0n) is 10.8. The summed E-state index contributed by atoms with van der Waals surface area (Å²) in [6.45, 7) is 1.54. The molecule has 18 heavy (non-hydrogen) atoms. The Morgan fingerprint density at radius 2 is 2.28 bits per heavy atom. The van der Waals surface area contributed by atoms with Crippen molar-refractivity contribution in [3.05, 3.63) is 0 Å². The van der Waals surface area contributed by atoms with E-state index in [0.717, 1.165) is 12.8 Å². The molecule has 0 radical (unpaired) electrons. The van der Waals surface area contributed by atoms with Gasteiger partial charge in [0.1, 0.15) is 6.04 Å². The van der Waals surface area contributed by atoms with Gasteiger partial charge in [0.05, 0.1) is 6.61 Å². The van der Waals surface area contributed by atoms with Crippen molar-refractivity contribution in [1.82, 2.24) is 4.90 Å². The third-order valence-electron chi connectivity index (χ3n) is 3.26. The standard InChI is InChI=1S/C12H22N2O4/c1-18-8-10(13)12(17)14-6-2-3-9(7-14)4-5-11(15)16/h9-10H,2-8,13H2,1H3,(H,15,16). The number of amides is 1. The van der Waals surface area contributed by atoms with E-state index in [9.17, 15) is 9.59 Å². The van der Waals surface area contributed by atoms with E-state index >= 15 is 0 Å². The maximum atomic E-state index is 12.0. The number of hydrogen-bond donors (Lipinski definition) is 2. The van der Waals surface area contributed by atoms with Gasteiger partial charge in [-0.1, -0.05) is 0 Å². The number of hydrogen-bond acceptors (Lipinski definition) is 4. The van der Waals surface area contributed by atoms with Crippen molar-refractivity contribution in [1.29, 1.82) is 0 Å². The Kier molecular flexibility index (Phi) is 6.07. The van der Waals surface area contributed by atoms with Gasteiger partial charge in [0.25, 0.3) is 0 Å². The summed E-state index contributed by atoms with van der Waals surface area (Å²) in [5.41, 5.74) is 5.72. The number of carboxylic acid groups (broad SMARTS) is 1. The second-order valence-corrected chi connectivity index (χ2v) is 4.79. The quantitative estimate of drug-likeness (QED) is 0.703. The van der Waals surface area contributed by atoms with E-state index in [1.165, 1.54) is 7.11 Å². The number of carboxylic acids is 1. The number of likely N-dealkylation sites (tertiary alicyclic amines) is 1. The smallest absolute Gasteiger partial charge is 0.303 e. The van der Waals surface area contributed by atoms with E-state index < -0.39 is 12.0 Å². The van der Waals surface area contributed by atoms with Gasteiger partial charge in [-0.25, -0.2) is 0 Å². The largest absolute Gasteiger partial charge is 0.481 e. The Hall–Kier alpha value is -1.14. The molecule has 0 aromatic carbocycles. The highest BCUT2D eigenvalue weighted by Gasteiger charge is 2.27.